The maximum absolute atomic E-state index is 12.7. The van der Waals surface area contributed by atoms with Crippen molar-refractivity contribution >= 4 is 16.0 Å². The van der Waals surface area contributed by atoms with Gasteiger partial charge >= 0.3 is 5.97 Å². The summed E-state index contributed by atoms with van der Waals surface area (Å²) in [7, 11) is -2.07. The quantitative estimate of drug-likeness (QED) is 0.701. The van der Waals surface area contributed by atoms with E-state index >= 15 is 0 Å². The molecule has 1 aliphatic rings. The number of esters is 1. The highest BCUT2D eigenvalue weighted by atomic mass is 32.2. The predicted octanol–water partition coefficient (Wildman–Crippen LogP) is 2.07. The molecule has 8 heteroatoms. The molecule has 0 atom stereocenters. The summed E-state index contributed by atoms with van der Waals surface area (Å²) in [5.41, 5.74) is 0.965. The Hall–Kier alpha value is -2.42. The number of hydrogen-bond donors (Lipinski definition) is 0. The van der Waals surface area contributed by atoms with Crippen molar-refractivity contribution in [1.82, 2.24) is 4.31 Å². The number of carbonyl (C=O) groups is 1. The van der Waals surface area contributed by atoms with Crippen molar-refractivity contribution in [2.75, 3.05) is 33.4 Å². The topological polar surface area (TPSA) is 82.1 Å². The fraction of sp³-hybridized carbons (Fsp3) is 0.316. The molecule has 2 aromatic rings. The number of hydrogen-bond acceptors (Lipinski definition) is 6. The minimum atomic E-state index is -3.59. The summed E-state index contributed by atoms with van der Waals surface area (Å²) < 4.78 is 42.4. The summed E-state index contributed by atoms with van der Waals surface area (Å²) in [6.07, 6.45) is 0. The van der Waals surface area contributed by atoms with Gasteiger partial charge in [0.1, 0.15) is 12.4 Å². The van der Waals surface area contributed by atoms with Crippen LogP contribution in [-0.4, -0.2) is 52.1 Å². The molecule has 0 unspecified atom stereocenters. The molecule has 0 radical (unpaired) electrons. The van der Waals surface area contributed by atoms with Crippen LogP contribution in [0.25, 0.3) is 0 Å². The Morgan fingerprint density at radius 3 is 2.59 bits per heavy atom. The summed E-state index contributed by atoms with van der Waals surface area (Å²) in [6, 6.07) is 13.1. The molecular weight excluding hydrogens is 370 g/mol. The van der Waals surface area contributed by atoms with Crippen LogP contribution in [0.2, 0.25) is 0 Å². The summed E-state index contributed by atoms with van der Waals surface area (Å²) in [5, 5.41) is 0. The van der Waals surface area contributed by atoms with Crippen LogP contribution in [0.3, 0.4) is 0 Å². The van der Waals surface area contributed by atoms with Crippen molar-refractivity contribution in [2.24, 2.45) is 0 Å². The molecule has 3 rings (SSSR count). The average Bonchev–Trinajstić information content (AvgIpc) is 2.73. The van der Waals surface area contributed by atoms with Crippen molar-refractivity contribution in [3.63, 3.8) is 0 Å². The van der Waals surface area contributed by atoms with E-state index in [0.717, 1.165) is 0 Å². The normalized spacial score (nSPS) is 15.3. The number of rotatable bonds is 6. The van der Waals surface area contributed by atoms with Gasteiger partial charge in [-0.15, -0.1) is 0 Å². The number of methoxy groups -OCH3 is 1. The number of nitrogens with zero attached hydrogens (tertiary/aromatic N) is 1. The number of benzene rings is 2. The van der Waals surface area contributed by atoms with Crippen LogP contribution in [0.5, 0.6) is 5.75 Å². The van der Waals surface area contributed by atoms with E-state index in [1.54, 1.807) is 36.4 Å². The highest BCUT2D eigenvalue weighted by molar-refractivity contribution is 7.89. The van der Waals surface area contributed by atoms with E-state index in [0.29, 0.717) is 43.2 Å². The molecule has 0 saturated carbocycles. The molecule has 0 spiro atoms. The van der Waals surface area contributed by atoms with Crippen LogP contribution in [0, 0.1) is 0 Å². The molecule has 7 nitrogen and oxygen atoms in total. The predicted molar refractivity (Wildman–Crippen MR) is 98.1 cm³/mol. The van der Waals surface area contributed by atoms with Gasteiger partial charge in [-0.3, -0.25) is 0 Å². The lowest BCUT2D eigenvalue weighted by Crippen LogP contribution is -2.40. The fourth-order valence-electron chi connectivity index (χ4n) is 2.71. The van der Waals surface area contributed by atoms with Crippen molar-refractivity contribution in [3.05, 3.63) is 59.7 Å². The lowest BCUT2D eigenvalue weighted by Gasteiger charge is -2.26. The van der Waals surface area contributed by atoms with E-state index in [2.05, 4.69) is 0 Å². The average molecular weight is 391 g/mol. The molecule has 0 bridgehead atoms. The van der Waals surface area contributed by atoms with Crippen LogP contribution in [0.4, 0.5) is 0 Å². The van der Waals surface area contributed by atoms with Crippen molar-refractivity contribution in [3.8, 4) is 5.75 Å². The van der Waals surface area contributed by atoms with Gasteiger partial charge in [0.15, 0.2) is 0 Å². The van der Waals surface area contributed by atoms with Gasteiger partial charge in [-0.05, 0) is 35.9 Å². The number of sulfonamides is 1. The van der Waals surface area contributed by atoms with Crippen LogP contribution < -0.4 is 4.74 Å². The summed E-state index contributed by atoms with van der Waals surface area (Å²) in [5.74, 6) is 0.0541. The Morgan fingerprint density at radius 1 is 1.11 bits per heavy atom. The third-order valence-electron chi connectivity index (χ3n) is 4.18. The Balaban J connectivity index is 1.69. The van der Waals surface area contributed by atoms with Gasteiger partial charge in [0.2, 0.25) is 10.0 Å². The monoisotopic (exact) mass is 391 g/mol. The van der Waals surface area contributed by atoms with E-state index in [9.17, 15) is 13.2 Å². The summed E-state index contributed by atoms with van der Waals surface area (Å²) in [6.45, 7) is 1.41. The molecular formula is C19H21NO6S. The second-order valence-electron chi connectivity index (χ2n) is 5.97. The zero-order valence-corrected chi connectivity index (χ0v) is 15.8. The largest absolute Gasteiger partial charge is 0.497 e. The molecule has 27 heavy (non-hydrogen) atoms. The first-order valence-corrected chi connectivity index (χ1v) is 9.93. The highest BCUT2D eigenvalue weighted by Crippen LogP contribution is 2.19. The first-order valence-electron chi connectivity index (χ1n) is 8.49. The number of ether oxygens (including phenoxy) is 3. The smallest absolute Gasteiger partial charge is 0.338 e. The Labute approximate surface area is 158 Å². The van der Waals surface area contributed by atoms with Gasteiger partial charge in [-0.25, -0.2) is 13.2 Å². The molecule has 0 aromatic heterocycles. The standard InChI is InChI=1S/C19H21NO6S/c1-24-17-6-3-5-16(13-17)19(21)26-14-15-4-2-7-18(12-15)27(22,23)20-8-10-25-11-9-20/h2-7,12-13H,8-11,14H2,1H3. The van der Waals surface area contributed by atoms with Crippen LogP contribution in [0.15, 0.2) is 53.4 Å². The van der Waals surface area contributed by atoms with E-state index in [4.69, 9.17) is 14.2 Å². The Morgan fingerprint density at radius 2 is 1.85 bits per heavy atom. The van der Waals surface area contributed by atoms with Gasteiger partial charge in [-0.1, -0.05) is 18.2 Å². The molecule has 1 fully saturated rings. The SMILES string of the molecule is COc1cccc(C(=O)OCc2cccc(S(=O)(=O)N3CCOCC3)c2)c1. The number of morpholine rings is 1. The van der Waals surface area contributed by atoms with Crippen molar-refractivity contribution < 1.29 is 27.4 Å². The van der Waals surface area contributed by atoms with Gasteiger partial charge < -0.3 is 14.2 Å². The molecule has 1 saturated heterocycles. The van der Waals surface area contributed by atoms with Gasteiger partial charge in [-0.2, -0.15) is 4.31 Å². The molecule has 2 aromatic carbocycles. The maximum atomic E-state index is 12.7. The lowest BCUT2D eigenvalue weighted by atomic mass is 10.2. The summed E-state index contributed by atoms with van der Waals surface area (Å²) in [4.78, 5) is 12.4. The van der Waals surface area contributed by atoms with Crippen LogP contribution >= 0.6 is 0 Å². The Kier molecular flexibility index (Phi) is 6.10. The second kappa shape index (κ2) is 8.51. The molecule has 1 aliphatic heterocycles. The Bertz CT molecular complexity index is 906. The maximum Gasteiger partial charge on any atom is 0.338 e. The van der Waals surface area contributed by atoms with Crippen molar-refractivity contribution in [1.29, 1.82) is 0 Å². The minimum absolute atomic E-state index is 0.0253. The lowest BCUT2D eigenvalue weighted by molar-refractivity contribution is 0.0472. The molecule has 1 heterocycles. The molecule has 0 N–H and O–H groups in total. The highest BCUT2D eigenvalue weighted by Gasteiger charge is 2.26. The molecule has 0 amide bonds. The fourth-order valence-corrected chi connectivity index (χ4v) is 4.19. The van der Waals surface area contributed by atoms with Gasteiger partial charge in [0, 0.05) is 13.1 Å². The number of carbonyl (C=O) groups excluding carboxylic acids is 1. The van der Waals surface area contributed by atoms with E-state index < -0.39 is 16.0 Å². The first kappa shape index (κ1) is 19.3. The third-order valence-corrected chi connectivity index (χ3v) is 6.08. The zero-order valence-electron chi connectivity index (χ0n) is 15.0. The van der Waals surface area contributed by atoms with E-state index in [-0.39, 0.29) is 11.5 Å². The van der Waals surface area contributed by atoms with Gasteiger partial charge in [0.05, 0.1) is 30.8 Å². The van der Waals surface area contributed by atoms with Crippen molar-refractivity contribution in [2.45, 2.75) is 11.5 Å². The molecule has 0 aliphatic carbocycles. The second-order valence-corrected chi connectivity index (χ2v) is 7.91. The zero-order chi connectivity index (χ0) is 19.3. The van der Waals surface area contributed by atoms with E-state index in [1.807, 2.05) is 0 Å². The van der Waals surface area contributed by atoms with Gasteiger partial charge in [0.25, 0.3) is 0 Å². The molecule has 144 valence electrons. The third kappa shape index (κ3) is 4.65. The minimum Gasteiger partial charge on any atom is -0.497 e. The van der Waals surface area contributed by atoms with E-state index in [1.165, 1.54) is 23.5 Å². The summed E-state index contributed by atoms with van der Waals surface area (Å²) >= 11 is 0. The van der Waals surface area contributed by atoms with Crippen LogP contribution in [-0.2, 0) is 26.1 Å². The first-order chi connectivity index (χ1) is 13.0. The van der Waals surface area contributed by atoms with Crippen LogP contribution in [0.1, 0.15) is 15.9 Å².